The summed E-state index contributed by atoms with van der Waals surface area (Å²) in [5.41, 5.74) is 3.43. The van der Waals surface area contributed by atoms with Crippen molar-refractivity contribution < 1.29 is 18.3 Å². The third-order valence-corrected chi connectivity index (χ3v) is 5.76. The van der Waals surface area contributed by atoms with Crippen LogP contribution in [0.2, 0.25) is 0 Å². The summed E-state index contributed by atoms with van der Waals surface area (Å²) >= 11 is 3.26. The number of amides is 1. The number of anilines is 1. The number of phenols is 1. The molecular formula is C20H16BrN3O4S. The zero-order chi connectivity index (χ0) is 20.9. The molecule has 3 aromatic rings. The highest BCUT2D eigenvalue weighted by molar-refractivity contribution is 9.10. The molecule has 0 saturated carbocycles. The number of nitrogens with one attached hydrogen (secondary N) is 2. The third-order valence-electron chi connectivity index (χ3n) is 3.83. The van der Waals surface area contributed by atoms with E-state index in [9.17, 15) is 18.3 Å². The van der Waals surface area contributed by atoms with Crippen LogP contribution >= 0.6 is 15.9 Å². The highest BCUT2D eigenvalue weighted by atomic mass is 79.9. The van der Waals surface area contributed by atoms with Crippen molar-refractivity contribution >= 4 is 43.8 Å². The molecule has 0 aliphatic heterocycles. The highest BCUT2D eigenvalue weighted by Gasteiger charge is 2.14. The van der Waals surface area contributed by atoms with Gasteiger partial charge in [-0.2, -0.15) is 5.10 Å². The molecule has 0 heterocycles. The second-order valence-corrected chi connectivity index (χ2v) is 8.49. The Morgan fingerprint density at radius 1 is 0.966 bits per heavy atom. The lowest BCUT2D eigenvalue weighted by molar-refractivity contribution is 0.0955. The summed E-state index contributed by atoms with van der Waals surface area (Å²) in [7, 11) is -3.73. The SMILES string of the molecule is O=C(N/N=C/c1ccccc1O)c1ccc(NS(=O)(=O)c2ccc(Br)cc2)cc1. The van der Waals surface area contributed by atoms with Crippen molar-refractivity contribution in [1.29, 1.82) is 0 Å². The Morgan fingerprint density at radius 3 is 2.28 bits per heavy atom. The first kappa shape index (κ1) is 20.6. The smallest absolute Gasteiger partial charge is 0.271 e. The molecule has 0 fully saturated rings. The molecule has 0 aliphatic rings. The van der Waals surface area contributed by atoms with Crippen LogP contribution in [0.5, 0.6) is 5.75 Å². The summed E-state index contributed by atoms with van der Waals surface area (Å²) < 4.78 is 28.0. The second kappa shape index (κ2) is 8.89. The molecule has 0 bridgehead atoms. The number of hydrogen-bond acceptors (Lipinski definition) is 5. The normalized spacial score (nSPS) is 11.3. The first-order chi connectivity index (χ1) is 13.8. The Labute approximate surface area is 176 Å². The number of rotatable bonds is 6. The van der Waals surface area contributed by atoms with Crippen LogP contribution in [0.1, 0.15) is 15.9 Å². The maximum Gasteiger partial charge on any atom is 0.271 e. The first-order valence-corrected chi connectivity index (χ1v) is 10.6. The minimum atomic E-state index is -3.73. The molecule has 0 unspecified atom stereocenters. The van der Waals surface area contributed by atoms with E-state index < -0.39 is 15.9 Å². The molecule has 0 atom stereocenters. The summed E-state index contributed by atoms with van der Waals surface area (Å²) in [6, 6.07) is 18.7. The van der Waals surface area contributed by atoms with Gasteiger partial charge < -0.3 is 5.11 Å². The fourth-order valence-corrected chi connectivity index (χ4v) is 3.66. The molecule has 0 aromatic heterocycles. The number of halogens is 1. The van der Waals surface area contributed by atoms with Gasteiger partial charge in [-0.25, -0.2) is 13.8 Å². The Balaban J connectivity index is 1.64. The molecule has 1 amide bonds. The molecule has 0 spiro atoms. The van der Waals surface area contributed by atoms with Crippen LogP contribution in [-0.4, -0.2) is 25.6 Å². The molecule has 9 heteroatoms. The molecule has 3 N–H and O–H groups in total. The Morgan fingerprint density at radius 2 is 1.62 bits per heavy atom. The van der Waals surface area contributed by atoms with E-state index in [0.717, 1.165) is 4.47 Å². The van der Waals surface area contributed by atoms with Gasteiger partial charge in [0.05, 0.1) is 11.1 Å². The monoisotopic (exact) mass is 473 g/mol. The number of hydrogen-bond donors (Lipinski definition) is 3. The van der Waals surface area contributed by atoms with E-state index in [-0.39, 0.29) is 10.6 Å². The van der Waals surface area contributed by atoms with E-state index >= 15 is 0 Å². The van der Waals surface area contributed by atoms with Crippen molar-refractivity contribution in [2.75, 3.05) is 4.72 Å². The van der Waals surface area contributed by atoms with Gasteiger partial charge in [-0.05, 0) is 60.7 Å². The molecule has 3 rings (SSSR count). The van der Waals surface area contributed by atoms with Gasteiger partial charge in [-0.3, -0.25) is 9.52 Å². The predicted octanol–water partition coefficient (Wildman–Crippen LogP) is 3.72. The van der Waals surface area contributed by atoms with E-state index in [4.69, 9.17) is 0 Å². The number of nitrogens with zero attached hydrogens (tertiary/aromatic N) is 1. The van der Waals surface area contributed by atoms with Crippen LogP contribution in [0.15, 0.2) is 87.3 Å². The largest absolute Gasteiger partial charge is 0.507 e. The van der Waals surface area contributed by atoms with Crippen molar-refractivity contribution in [1.82, 2.24) is 5.43 Å². The Bertz CT molecular complexity index is 1150. The number of phenolic OH excluding ortho intramolecular Hbond substituents is 1. The molecule has 0 aliphatic carbocycles. The summed E-state index contributed by atoms with van der Waals surface area (Å²) in [6.07, 6.45) is 1.33. The minimum absolute atomic E-state index is 0.0490. The van der Waals surface area contributed by atoms with Gasteiger partial charge in [0.2, 0.25) is 0 Å². The van der Waals surface area contributed by atoms with Gasteiger partial charge in [-0.15, -0.1) is 0 Å². The number of aromatic hydroxyl groups is 1. The van der Waals surface area contributed by atoms with E-state index in [1.165, 1.54) is 48.7 Å². The second-order valence-electron chi connectivity index (χ2n) is 5.89. The quantitative estimate of drug-likeness (QED) is 0.374. The van der Waals surface area contributed by atoms with E-state index in [0.29, 0.717) is 16.8 Å². The zero-order valence-electron chi connectivity index (χ0n) is 14.9. The van der Waals surface area contributed by atoms with Crippen molar-refractivity contribution in [2.24, 2.45) is 5.10 Å². The van der Waals surface area contributed by atoms with E-state index in [2.05, 4.69) is 31.2 Å². The van der Waals surface area contributed by atoms with Gasteiger partial charge in [0.25, 0.3) is 15.9 Å². The zero-order valence-corrected chi connectivity index (χ0v) is 17.3. The van der Waals surface area contributed by atoms with Gasteiger partial charge >= 0.3 is 0 Å². The molecule has 7 nitrogen and oxygen atoms in total. The standard InChI is InChI=1S/C20H16BrN3O4S/c21-16-7-11-18(12-8-16)29(27,28)24-17-9-5-14(6-10-17)20(26)23-22-13-15-3-1-2-4-19(15)25/h1-13,24-25H,(H,23,26)/b22-13+. The van der Waals surface area contributed by atoms with Crippen molar-refractivity contribution in [2.45, 2.75) is 4.90 Å². The number of benzene rings is 3. The van der Waals surface area contributed by atoms with Gasteiger partial charge in [0, 0.05) is 21.3 Å². The molecular weight excluding hydrogens is 458 g/mol. The fraction of sp³-hybridized carbons (Fsp3) is 0. The average Bonchev–Trinajstić information content (AvgIpc) is 2.70. The van der Waals surface area contributed by atoms with Crippen LogP contribution in [0.4, 0.5) is 5.69 Å². The molecule has 0 radical (unpaired) electrons. The van der Waals surface area contributed by atoms with Gasteiger partial charge in [-0.1, -0.05) is 28.1 Å². The highest BCUT2D eigenvalue weighted by Crippen LogP contribution is 2.19. The maximum absolute atomic E-state index is 12.4. The maximum atomic E-state index is 12.4. The van der Waals surface area contributed by atoms with Crippen LogP contribution in [-0.2, 0) is 10.0 Å². The number of para-hydroxylation sites is 1. The van der Waals surface area contributed by atoms with Gasteiger partial charge in [0.1, 0.15) is 5.75 Å². The molecule has 148 valence electrons. The molecule has 29 heavy (non-hydrogen) atoms. The topological polar surface area (TPSA) is 108 Å². The summed E-state index contributed by atoms with van der Waals surface area (Å²) in [6.45, 7) is 0. The Hall–Kier alpha value is -3.17. The van der Waals surface area contributed by atoms with Crippen LogP contribution < -0.4 is 10.1 Å². The van der Waals surface area contributed by atoms with Crippen LogP contribution in [0, 0.1) is 0 Å². The molecule has 3 aromatic carbocycles. The summed E-state index contributed by atoms with van der Waals surface area (Å²) in [5.74, 6) is -0.424. The lowest BCUT2D eigenvalue weighted by Crippen LogP contribution is -2.18. The van der Waals surface area contributed by atoms with Crippen LogP contribution in [0.3, 0.4) is 0 Å². The van der Waals surface area contributed by atoms with E-state index in [1.807, 2.05) is 0 Å². The number of carbonyl (C=O) groups excluding carboxylic acids is 1. The van der Waals surface area contributed by atoms with E-state index in [1.54, 1.807) is 30.3 Å². The third kappa shape index (κ3) is 5.43. The van der Waals surface area contributed by atoms with Crippen molar-refractivity contribution in [3.8, 4) is 5.75 Å². The summed E-state index contributed by atoms with van der Waals surface area (Å²) in [5, 5.41) is 13.5. The number of carbonyl (C=O) groups is 1. The van der Waals surface area contributed by atoms with Crippen molar-refractivity contribution in [3.05, 3.63) is 88.4 Å². The predicted molar refractivity (Wildman–Crippen MR) is 115 cm³/mol. The first-order valence-electron chi connectivity index (χ1n) is 8.35. The van der Waals surface area contributed by atoms with Crippen molar-refractivity contribution in [3.63, 3.8) is 0 Å². The summed E-state index contributed by atoms with van der Waals surface area (Å²) in [4.78, 5) is 12.3. The minimum Gasteiger partial charge on any atom is -0.507 e. The number of sulfonamides is 1. The molecule has 0 saturated heterocycles. The lowest BCUT2D eigenvalue weighted by Gasteiger charge is -2.09. The lowest BCUT2D eigenvalue weighted by atomic mass is 10.2. The average molecular weight is 474 g/mol. The Kier molecular flexibility index (Phi) is 6.30. The van der Waals surface area contributed by atoms with Gasteiger partial charge in [0.15, 0.2) is 0 Å². The fourth-order valence-electron chi connectivity index (χ4n) is 2.34. The van der Waals surface area contributed by atoms with Crippen LogP contribution in [0.25, 0.3) is 0 Å². The number of hydrazone groups is 1.